The Morgan fingerprint density at radius 3 is 2.82 bits per heavy atom. The van der Waals surface area contributed by atoms with Crippen molar-refractivity contribution in [2.45, 2.75) is 45.2 Å². The predicted molar refractivity (Wildman–Crippen MR) is 64.6 cm³/mol. The summed E-state index contributed by atoms with van der Waals surface area (Å²) in [5.74, 6) is -0.224. The van der Waals surface area contributed by atoms with Crippen LogP contribution in [-0.2, 0) is 6.54 Å². The van der Waals surface area contributed by atoms with Crippen molar-refractivity contribution in [2.75, 3.05) is 0 Å². The Labute approximate surface area is 101 Å². The molecule has 1 aliphatic carbocycles. The molecule has 17 heavy (non-hydrogen) atoms. The molecule has 1 aliphatic rings. The maximum atomic E-state index is 13.4. The molecule has 1 aromatic rings. The molecule has 0 aliphatic heterocycles. The highest BCUT2D eigenvalue weighted by Crippen LogP contribution is 2.23. The van der Waals surface area contributed by atoms with E-state index in [0.717, 1.165) is 24.8 Å². The van der Waals surface area contributed by atoms with E-state index < -0.39 is 11.6 Å². The molecular weight excluding hydrogens is 220 g/mol. The zero-order valence-corrected chi connectivity index (χ0v) is 10.2. The minimum absolute atomic E-state index is 0.457. The summed E-state index contributed by atoms with van der Waals surface area (Å²) in [5.41, 5.74) is 0.546. The second kappa shape index (κ2) is 5.58. The molecule has 2 atom stereocenters. The van der Waals surface area contributed by atoms with E-state index >= 15 is 0 Å². The summed E-state index contributed by atoms with van der Waals surface area (Å²) in [6.45, 7) is 2.75. The van der Waals surface area contributed by atoms with E-state index in [0.29, 0.717) is 18.2 Å². The van der Waals surface area contributed by atoms with Crippen LogP contribution >= 0.6 is 0 Å². The van der Waals surface area contributed by atoms with Crippen molar-refractivity contribution in [3.05, 3.63) is 35.4 Å². The van der Waals surface area contributed by atoms with Gasteiger partial charge in [-0.05, 0) is 24.8 Å². The van der Waals surface area contributed by atoms with E-state index in [4.69, 9.17) is 0 Å². The molecule has 0 saturated heterocycles. The molecule has 1 N–H and O–H groups in total. The van der Waals surface area contributed by atoms with Gasteiger partial charge in [-0.3, -0.25) is 0 Å². The summed E-state index contributed by atoms with van der Waals surface area (Å²) in [5, 5.41) is 3.37. The fourth-order valence-electron chi connectivity index (χ4n) is 2.54. The maximum absolute atomic E-state index is 13.4. The van der Waals surface area contributed by atoms with Gasteiger partial charge in [-0.25, -0.2) is 8.78 Å². The molecule has 0 amide bonds. The third-order valence-electron chi connectivity index (χ3n) is 3.53. The second-order valence-corrected chi connectivity index (χ2v) is 5.09. The van der Waals surface area contributed by atoms with Gasteiger partial charge >= 0.3 is 0 Å². The maximum Gasteiger partial charge on any atom is 0.130 e. The first kappa shape index (κ1) is 12.5. The van der Waals surface area contributed by atoms with Crippen LogP contribution in [0.4, 0.5) is 8.78 Å². The van der Waals surface area contributed by atoms with Gasteiger partial charge in [0, 0.05) is 24.2 Å². The number of nitrogens with one attached hydrogen (secondary N) is 1. The van der Waals surface area contributed by atoms with Crippen LogP contribution in [-0.4, -0.2) is 6.04 Å². The lowest BCUT2D eigenvalue weighted by Crippen LogP contribution is -2.33. The highest BCUT2D eigenvalue weighted by molar-refractivity contribution is 5.18. The first-order valence-electron chi connectivity index (χ1n) is 6.32. The lowest BCUT2D eigenvalue weighted by molar-refractivity contribution is 0.299. The Hall–Kier alpha value is -0.960. The molecule has 3 heteroatoms. The van der Waals surface area contributed by atoms with Crippen molar-refractivity contribution < 1.29 is 8.78 Å². The number of benzene rings is 1. The highest BCUT2D eigenvalue weighted by atomic mass is 19.1. The molecule has 1 saturated carbocycles. The average Bonchev–Trinajstić information content (AvgIpc) is 2.28. The molecular formula is C14H19F2N. The van der Waals surface area contributed by atoms with Gasteiger partial charge in [-0.2, -0.15) is 0 Å². The van der Waals surface area contributed by atoms with Crippen molar-refractivity contribution in [2.24, 2.45) is 5.92 Å². The van der Waals surface area contributed by atoms with Crippen molar-refractivity contribution in [1.29, 1.82) is 0 Å². The van der Waals surface area contributed by atoms with E-state index in [9.17, 15) is 8.78 Å². The van der Waals surface area contributed by atoms with Gasteiger partial charge in [0.1, 0.15) is 11.6 Å². The SMILES string of the molecule is CC1CCCC(NCc2ccc(F)cc2F)C1. The molecule has 0 aromatic heterocycles. The zero-order chi connectivity index (χ0) is 12.3. The first-order chi connectivity index (χ1) is 8.15. The molecule has 0 heterocycles. The minimum atomic E-state index is -0.516. The van der Waals surface area contributed by atoms with Crippen LogP contribution in [0.5, 0.6) is 0 Å². The molecule has 94 valence electrons. The van der Waals surface area contributed by atoms with Gasteiger partial charge in [-0.15, -0.1) is 0 Å². The van der Waals surface area contributed by atoms with Crippen molar-refractivity contribution >= 4 is 0 Å². The molecule has 1 aromatic carbocycles. The molecule has 1 nitrogen and oxygen atoms in total. The monoisotopic (exact) mass is 239 g/mol. The van der Waals surface area contributed by atoms with Crippen molar-refractivity contribution in [3.63, 3.8) is 0 Å². The Kier molecular flexibility index (Phi) is 4.11. The van der Waals surface area contributed by atoms with Crippen LogP contribution in [0, 0.1) is 17.6 Å². The fraction of sp³-hybridized carbons (Fsp3) is 0.571. The van der Waals surface area contributed by atoms with Gasteiger partial charge in [0.25, 0.3) is 0 Å². The van der Waals surface area contributed by atoms with Crippen molar-refractivity contribution in [1.82, 2.24) is 5.32 Å². The summed E-state index contributed by atoms with van der Waals surface area (Å²) in [6.07, 6.45) is 4.85. The Morgan fingerprint density at radius 2 is 2.12 bits per heavy atom. The smallest absolute Gasteiger partial charge is 0.130 e. The number of hydrogen-bond donors (Lipinski definition) is 1. The largest absolute Gasteiger partial charge is 0.310 e. The van der Waals surface area contributed by atoms with Gasteiger partial charge in [0.15, 0.2) is 0 Å². The summed E-state index contributed by atoms with van der Waals surface area (Å²) in [4.78, 5) is 0. The van der Waals surface area contributed by atoms with Crippen LogP contribution in [0.2, 0.25) is 0 Å². The van der Waals surface area contributed by atoms with Crippen LogP contribution < -0.4 is 5.32 Å². The number of rotatable bonds is 3. The lowest BCUT2D eigenvalue weighted by Gasteiger charge is -2.27. The summed E-state index contributed by atoms with van der Waals surface area (Å²) < 4.78 is 26.1. The van der Waals surface area contributed by atoms with Gasteiger partial charge in [0.2, 0.25) is 0 Å². The molecule has 0 bridgehead atoms. The molecule has 0 spiro atoms. The Balaban J connectivity index is 1.88. The Morgan fingerprint density at radius 1 is 1.29 bits per heavy atom. The van der Waals surface area contributed by atoms with Gasteiger partial charge in [0.05, 0.1) is 0 Å². The fourth-order valence-corrected chi connectivity index (χ4v) is 2.54. The van der Waals surface area contributed by atoms with E-state index in [-0.39, 0.29) is 0 Å². The number of hydrogen-bond acceptors (Lipinski definition) is 1. The van der Waals surface area contributed by atoms with E-state index in [1.807, 2.05) is 0 Å². The van der Waals surface area contributed by atoms with E-state index in [1.165, 1.54) is 25.0 Å². The minimum Gasteiger partial charge on any atom is -0.310 e. The quantitative estimate of drug-likeness (QED) is 0.849. The van der Waals surface area contributed by atoms with Crippen LogP contribution in [0.1, 0.15) is 38.2 Å². The van der Waals surface area contributed by atoms with Crippen LogP contribution in [0.3, 0.4) is 0 Å². The normalized spacial score (nSPS) is 24.9. The zero-order valence-electron chi connectivity index (χ0n) is 10.2. The van der Waals surface area contributed by atoms with E-state index in [2.05, 4.69) is 12.2 Å². The molecule has 2 unspecified atom stereocenters. The van der Waals surface area contributed by atoms with Crippen molar-refractivity contribution in [3.8, 4) is 0 Å². The van der Waals surface area contributed by atoms with E-state index in [1.54, 1.807) is 0 Å². The topological polar surface area (TPSA) is 12.0 Å². The lowest BCUT2D eigenvalue weighted by atomic mass is 9.87. The number of halogens is 2. The molecule has 1 fully saturated rings. The second-order valence-electron chi connectivity index (χ2n) is 5.09. The van der Waals surface area contributed by atoms with Gasteiger partial charge in [-0.1, -0.05) is 25.8 Å². The van der Waals surface area contributed by atoms with Gasteiger partial charge < -0.3 is 5.32 Å². The molecule has 2 rings (SSSR count). The molecule has 0 radical (unpaired) electrons. The highest BCUT2D eigenvalue weighted by Gasteiger charge is 2.18. The predicted octanol–water partition coefficient (Wildman–Crippen LogP) is 3.63. The first-order valence-corrected chi connectivity index (χ1v) is 6.32. The third kappa shape index (κ3) is 3.50. The summed E-state index contributed by atoms with van der Waals surface area (Å²) >= 11 is 0. The third-order valence-corrected chi connectivity index (χ3v) is 3.53. The summed E-state index contributed by atoms with van der Waals surface area (Å²) in [6, 6.07) is 4.25. The average molecular weight is 239 g/mol. The van der Waals surface area contributed by atoms with Crippen LogP contribution in [0.15, 0.2) is 18.2 Å². The summed E-state index contributed by atoms with van der Waals surface area (Å²) in [7, 11) is 0. The Bertz CT molecular complexity index is 378. The van der Waals surface area contributed by atoms with Crippen LogP contribution in [0.25, 0.3) is 0 Å². The standard InChI is InChI=1S/C14H19F2N/c1-10-3-2-4-13(7-10)17-9-11-5-6-12(15)8-14(11)16/h5-6,8,10,13,17H,2-4,7,9H2,1H3.